The van der Waals surface area contributed by atoms with Crippen molar-refractivity contribution in [1.29, 1.82) is 0 Å². The van der Waals surface area contributed by atoms with Crippen molar-refractivity contribution in [3.63, 3.8) is 0 Å². The first-order chi connectivity index (χ1) is 9.00. The highest BCUT2D eigenvalue weighted by Crippen LogP contribution is 1.99. The highest BCUT2D eigenvalue weighted by Gasteiger charge is 1.94. The minimum atomic E-state index is 0.889. The number of hydrogen-bond acceptors (Lipinski definition) is 6. The van der Waals surface area contributed by atoms with Gasteiger partial charge in [0.1, 0.15) is 0 Å². The summed E-state index contributed by atoms with van der Waals surface area (Å²) in [6, 6.07) is 0. The first-order valence-electron chi connectivity index (χ1n) is 6.98. The van der Waals surface area contributed by atoms with Crippen molar-refractivity contribution in [3.05, 3.63) is 0 Å². The molecule has 3 fully saturated rings. The highest BCUT2D eigenvalue weighted by atomic mass is 32.2. The quantitative estimate of drug-likeness (QED) is 0.460. The second-order valence-electron chi connectivity index (χ2n) is 4.22. The van der Waals surface area contributed by atoms with E-state index in [0.29, 0.717) is 0 Å². The maximum absolute atomic E-state index is 5.01. The fraction of sp³-hybridized carbons (Fsp3) is 1.00. The van der Waals surface area contributed by atoms with Gasteiger partial charge in [-0.2, -0.15) is 11.8 Å². The van der Waals surface area contributed by atoms with E-state index in [1.807, 2.05) is 11.8 Å². The van der Waals surface area contributed by atoms with Crippen LogP contribution in [-0.2, 0) is 4.74 Å². The summed E-state index contributed by atoms with van der Waals surface area (Å²) < 4.78 is 5.01. The lowest BCUT2D eigenvalue weighted by molar-refractivity contribution is 0.109. The van der Waals surface area contributed by atoms with Crippen LogP contribution in [0.2, 0.25) is 0 Å². The lowest BCUT2D eigenvalue weighted by Gasteiger charge is -2.11. The van der Waals surface area contributed by atoms with E-state index in [1.54, 1.807) is 0 Å². The zero-order chi connectivity index (χ0) is 12.7. The van der Waals surface area contributed by atoms with Gasteiger partial charge < -0.3 is 26.0 Å². The van der Waals surface area contributed by atoms with E-state index in [2.05, 4.69) is 21.3 Å². The molecule has 0 unspecified atom stereocenters. The number of ether oxygens (including phenoxy) is 1. The molecule has 0 aromatic carbocycles. The van der Waals surface area contributed by atoms with Crippen LogP contribution in [0.1, 0.15) is 0 Å². The van der Waals surface area contributed by atoms with Crippen molar-refractivity contribution >= 4 is 11.8 Å². The van der Waals surface area contributed by atoms with Crippen LogP contribution in [0.25, 0.3) is 0 Å². The summed E-state index contributed by atoms with van der Waals surface area (Å²) in [6.07, 6.45) is 0. The molecule has 18 heavy (non-hydrogen) atoms. The number of thioether (sulfide) groups is 1. The molecule has 3 heterocycles. The maximum Gasteiger partial charge on any atom is 0.0591 e. The minimum absolute atomic E-state index is 0.889. The van der Waals surface area contributed by atoms with Gasteiger partial charge >= 0.3 is 0 Å². The molecule has 0 radical (unpaired) electrons. The smallest absolute Gasteiger partial charge is 0.0591 e. The molecule has 0 spiro atoms. The zero-order valence-electron chi connectivity index (χ0n) is 11.3. The molecule has 0 aromatic heterocycles. The topological polar surface area (TPSA) is 57.4 Å². The van der Waals surface area contributed by atoms with Gasteiger partial charge in [-0.3, -0.25) is 0 Å². The van der Waals surface area contributed by atoms with Gasteiger partial charge in [0.2, 0.25) is 0 Å². The Morgan fingerprint density at radius 3 is 1.17 bits per heavy atom. The Labute approximate surface area is 115 Å². The number of morpholine rings is 1. The normalized spacial score (nSPS) is 24.0. The Balaban J connectivity index is 0.000000135. The molecule has 0 saturated carbocycles. The van der Waals surface area contributed by atoms with Gasteiger partial charge in [0.25, 0.3) is 0 Å². The van der Waals surface area contributed by atoms with Crippen LogP contribution in [0.5, 0.6) is 0 Å². The molecule has 3 aliphatic rings. The fourth-order valence-corrected chi connectivity index (χ4v) is 2.42. The Bertz CT molecular complexity index is 99.1. The molecule has 4 N–H and O–H groups in total. The summed E-state index contributed by atoms with van der Waals surface area (Å²) in [5.41, 5.74) is 0. The van der Waals surface area contributed by atoms with E-state index in [1.165, 1.54) is 24.6 Å². The average Bonchev–Trinajstić information content (AvgIpc) is 2.54. The van der Waals surface area contributed by atoms with Gasteiger partial charge in [-0.25, -0.2) is 0 Å². The zero-order valence-corrected chi connectivity index (χ0v) is 12.1. The first-order valence-corrected chi connectivity index (χ1v) is 8.14. The molecular weight excluding hydrogens is 248 g/mol. The van der Waals surface area contributed by atoms with Crippen molar-refractivity contribution < 1.29 is 4.74 Å². The van der Waals surface area contributed by atoms with Crippen LogP contribution in [-0.4, -0.2) is 77.1 Å². The molecule has 0 atom stereocenters. The molecule has 0 amide bonds. The second-order valence-corrected chi connectivity index (χ2v) is 5.45. The third kappa shape index (κ3) is 11.3. The van der Waals surface area contributed by atoms with Crippen molar-refractivity contribution in [2.45, 2.75) is 0 Å². The van der Waals surface area contributed by atoms with Gasteiger partial charge in [0.05, 0.1) is 13.2 Å². The molecule has 0 bridgehead atoms. The summed E-state index contributed by atoms with van der Waals surface area (Å²) in [6.45, 7) is 10.8. The van der Waals surface area contributed by atoms with Gasteiger partial charge in [-0.15, -0.1) is 0 Å². The predicted octanol–water partition coefficient (Wildman–Crippen LogP) is -0.892. The number of rotatable bonds is 0. The van der Waals surface area contributed by atoms with Gasteiger partial charge in [-0.05, 0) is 0 Å². The Hall–Kier alpha value is 0.150. The van der Waals surface area contributed by atoms with E-state index in [0.717, 1.165) is 52.5 Å². The van der Waals surface area contributed by atoms with Gasteiger partial charge in [-0.1, -0.05) is 0 Å². The molecule has 3 saturated heterocycles. The lowest BCUT2D eigenvalue weighted by Crippen LogP contribution is -2.39. The summed E-state index contributed by atoms with van der Waals surface area (Å²) >= 11 is 2.03. The highest BCUT2D eigenvalue weighted by molar-refractivity contribution is 7.99. The Kier molecular flexibility index (Phi) is 12.2. The maximum atomic E-state index is 5.01. The Morgan fingerprint density at radius 1 is 0.556 bits per heavy atom. The molecule has 0 aliphatic carbocycles. The van der Waals surface area contributed by atoms with Crippen LogP contribution in [0.4, 0.5) is 0 Å². The minimum Gasteiger partial charge on any atom is -0.379 e. The van der Waals surface area contributed by atoms with Crippen molar-refractivity contribution in [1.82, 2.24) is 21.3 Å². The van der Waals surface area contributed by atoms with Crippen molar-refractivity contribution in [2.24, 2.45) is 0 Å². The van der Waals surface area contributed by atoms with Crippen LogP contribution >= 0.6 is 11.8 Å². The van der Waals surface area contributed by atoms with E-state index in [9.17, 15) is 0 Å². The summed E-state index contributed by atoms with van der Waals surface area (Å²) in [7, 11) is 0. The predicted molar refractivity (Wildman–Crippen MR) is 79.6 cm³/mol. The summed E-state index contributed by atoms with van der Waals surface area (Å²) in [4.78, 5) is 0. The number of hydrogen-bond donors (Lipinski definition) is 4. The summed E-state index contributed by atoms with van der Waals surface area (Å²) in [5, 5.41) is 12.9. The van der Waals surface area contributed by atoms with Gasteiger partial charge in [0, 0.05) is 63.9 Å². The van der Waals surface area contributed by atoms with E-state index in [4.69, 9.17) is 4.74 Å². The lowest BCUT2D eigenvalue weighted by atomic mass is 10.4. The van der Waals surface area contributed by atoms with Crippen molar-refractivity contribution in [2.75, 3.05) is 77.1 Å². The third-order valence-electron chi connectivity index (χ3n) is 2.65. The van der Waals surface area contributed by atoms with Crippen LogP contribution < -0.4 is 21.3 Å². The molecule has 6 heteroatoms. The van der Waals surface area contributed by atoms with E-state index >= 15 is 0 Å². The Morgan fingerprint density at radius 2 is 1.00 bits per heavy atom. The summed E-state index contributed by atoms with van der Waals surface area (Å²) in [5.74, 6) is 2.61. The second kappa shape index (κ2) is 13.6. The van der Waals surface area contributed by atoms with Gasteiger partial charge in [0.15, 0.2) is 0 Å². The fourth-order valence-electron chi connectivity index (χ4n) is 1.64. The van der Waals surface area contributed by atoms with E-state index < -0.39 is 0 Å². The monoisotopic (exact) mass is 276 g/mol. The molecular formula is C12H28N4OS. The standard InChI is InChI=1S/C4H10N2.C4H9NO.C4H9NS/c1-2-6-4-3-5-1;2*1-3-6-4-2-5-1/h5-6H,1-4H2;2*5H,1-4H2. The molecule has 5 nitrogen and oxygen atoms in total. The van der Waals surface area contributed by atoms with E-state index in [-0.39, 0.29) is 0 Å². The average molecular weight is 276 g/mol. The van der Waals surface area contributed by atoms with Crippen molar-refractivity contribution in [3.8, 4) is 0 Å². The SMILES string of the molecule is C1CNCCN1.C1COCCN1.C1CSCCN1. The molecule has 3 aliphatic heterocycles. The first kappa shape index (κ1) is 16.2. The third-order valence-corrected chi connectivity index (χ3v) is 3.64. The van der Waals surface area contributed by atoms with Crippen LogP contribution in [0, 0.1) is 0 Å². The molecule has 108 valence electrons. The van der Waals surface area contributed by atoms with Crippen LogP contribution in [0.3, 0.4) is 0 Å². The number of nitrogens with one attached hydrogen (secondary N) is 4. The number of piperazine rings is 1. The van der Waals surface area contributed by atoms with Crippen LogP contribution in [0.15, 0.2) is 0 Å². The largest absolute Gasteiger partial charge is 0.379 e. The molecule has 0 aromatic rings. The molecule has 3 rings (SSSR count).